The summed E-state index contributed by atoms with van der Waals surface area (Å²) in [6.45, 7) is 4.08. The zero-order chi connectivity index (χ0) is 12.6. The fraction of sp³-hybridized carbons (Fsp3) is 0.533. The SMILES string of the molecule is [CH2]C1OC2(CCCCC2)OC1c1ccccc1Cl. The maximum atomic E-state index is 6.23. The van der Waals surface area contributed by atoms with E-state index in [1.54, 1.807) is 0 Å². The second-order valence-electron chi connectivity index (χ2n) is 5.19. The van der Waals surface area contributed by atoms with Crippen molar-refractivity contribution in [2.45, 2.75) is 50.1 Å². The van der Waals surface area contributed by atoms with Crippen LogP contribution >= 0.6 is 11.6 Å². The van der Waals surface area contributed by atoms with E-state index in [1.807, 2.05) is 24.3 Å². The third kappa shape index (κ3) is 2.18. The van der Waals surface area contributed by atoms with Crippen molar-refractivity contribution in [1.29, 1.82) is 0 Å². The Kier molecular flexibility index (Phi) is 3.35. The highest BCUT2D eigenvalue weighted by atomic mass is 35.5. The Hall–Kier alpha value is -0.570. The van der Waals surface area contributed by atoms with Gasteiger partial charge in [-0.1, -0.05) is 36.2 Å². The molecule has 2 unspecified atom stereocenters. The van der Waals surface area contributed by atoms with Crippen LogP contribution in [0.3, 0.4) is 0 Å². The maximum absolute atomic E-state index is 6.23. The van der Waals surface area contributed by atoms with Crippen LogP contribution in [0.1, 0.15) is 43.8 Å². The standard InChI is InChI=1S/C15H18ClO2/c1-11-14(12-7-3-4-8-13(12)16)18-15(17-11)9-5-2-6-10-15/h3-4,7-8,11,14H,1-2,5-6,9-10H2. The molecule has 0 bridgehead atoms. The van der Waals surface area contributed by atoms with Gasteiger partial charge in [0.15, 0.2) is 5.79 Å². The van der Waals surface area contributed by atoms with Crippen LogP contribution < -0.4 is 0 Å². The van der Waals surface area contributed by atoms with Gasteiger partial charge in [-0.25, -0.2) is 0 Å². The average Bonchev–Trinajstić information content (AvgIpc) is 2.67. The highest BCUT2D eigenvalue weighted by Gasteiger charge is 2.47. The van der Waals surface area contributed by atoms with Crippen LogP contribution in [-0.2, 0) is 9.47 Å². The highest BCUT2D eigenvalue weighted by Crippen LogP contribution is 2.46. The van der Waals surface area contributed by atoms with Crippen molar-refractivity contribution >= 4 is 11.6 Å². The molecule has 2 fully saturated rings. The molecule has 1 saturated carbocycles. The van der Waals surface area contributed by atoms with Crippen molar-refractivity contribution in [1.82, 2.24) is 0 Å². The van der Waals surface area contributed by atoms with Crippen molar-refractivity contribution in [3.8, 4) is 0 Å². The molecule has 2 atom stereocenters. The third-order valence-electron chi connectivity index (χ3n) is 3.87. The Balaban J connectivity index is 1.84. The van der Waals surface area contributed by atoms with Crippen LogP contribution in [0, 0.1) is 6.92 Å². The molecule has 2 nitrogen and oxygen atoms in total. The maximum Gasteiger partial charge on any atom is 0.169 e. The minimum atomic E-state index is -0.408. The van der Waals surface area contributed by atoms with Gasteiger partial charge in [-0.2, -0.15) is 0 Å². The van der Waals surface area contributed by atoms with Crippen molar-refractivity contribution in [3.63, 3.8) is 0 Å². The summed E-state index contributed by atoms with van der Waals surface area (Å²) in [6.07, 6.45) is 5.23. The molecule has 1 aliphatic carbocycles. The smallest absolute Gasteiger partial charge is 0.169 e. The van der Waals surface area contributed by atoms with Crippen molar-refractivity contribution < 1.29 is 9.47 Å². The van der Waals surface area contributed by atoms with Gasteiger partial charge in [0.2, 0.25) is 0 Å². The molecule has 1 heterocycles. The van der Waals surface area contributed by atoms with E-state index in [2.05, 4.69) is 6.92 Å². The van der Waals surface area contributed by atoms with Crippen LogP contribution in [-0.4, -0.2) is 11.9 Å². The summed E-state index contributed by atoms with van der Waals surface area (Å²) < 4.78 is 12.2. The molecule has 3 heteroatoms. The topological polar surface area (TPSA) is 18.5 Å². The predicted molar refractivity (Wildman–Crippen MR) is 71.3 cm³/mol. The Labute approximate surface area is 113 Å². The van der Waals surface area contributed by atoms with Gasteiger partial charge in [0.05, 0.1) is 6.10 Å². The summed E-state index contributed by atoms with van der Waals surface area (Å²) in [7, 11) is 0. The molecule has 18 heavy (non-hydrogen) atoms. The zero-order valence-electron chi connectivity index (χ0n) is 10.4. The third-order valence-corrected chi connectivity index (χ3v) is 4.22. The molecule has 1 aromatic rings. The number of rotatable bonds is 1. The highest BCUT2D eigenvalue weighted by molar-refractivity contribution is 6.31. The minimum absolute atomic E-state index is 0.142. The zero-order valence-corrected chi connectivity index (χ0v) is 11.2. The van der Waals surface area contributed by atoms with E-state index in [-0.39, 0.29) is 12.2 Å². The fourth-order valence-corrected chi connectivity index (χ4v) is 3.21. The number of ether oxygens (including phenoxy) is 2. The van der Waals surface area contributed by atoms with Gasteiger partial charge in [0.25, 0.3) is 0 Å². The summed E-state index contributed by atoms with van der Waals surface area (Å²) in [6, 6.07) is 7.79. The lowest BCUT2D eigenvalue weighted by molar-refractivity contribution is -0.192. The van der Waals surface area contributed by atoms with E-state index in [1.165, 1.54) is 19.3 Å². The Morgan fingerprint density at radius 3 is 2.56 bits per heavy atom. The average molecular weight is 266 g/mol. The van der Waals surface area contributed by atoms with Crippen molar-refractivity contribution in [2.24, 2.45) is 0 Å². The summed E-state index contributed by atoms with van der Waals surface area (Å²) >= 11 is 6.23. The van der Waals surface area contributed by atoms with Crippen LogP contribution in [0.15, 0.2) is 24.3 Å². The molecule has 97 valence electrons. The molecular weight excluding hydrogens is 248 g/mol. The number of halogens is 1. The number of hydrogen-bond donors (Lipinski definition) is 0. The minimum Gasteiger partial charge on any atom is -0.344 e. The van der Waals surface area contributed by atoms with Gasteiger partial charge in [0.1, 0.15) is 6.10 Å². The predicted octanol–water partition coefficient (Wildman–Crippen LogP) is 4.29. The first kappa shape index (κ1) is 12.5. The largest absolute Gasteiger partial charge is 0.344 e. The second kappa shape index (κ2) is 4.84. The molecule has 1 spiro atoms. The van der Waals surface area contributed by atoms with E-state index < -0.39 is 5.79 Å². The van der Waals surface area contributed by atoms with E-state index in [0.29, 0.717) is 0 Å². The van der Waals surface area contributed by atoms with Crippen LogP contribution in [0.25, 0.3) is 0 Å². The van der Waals surface area contributed by atoms with E-state index in [9.17, 15) is 0 Å². The summed E-state index contributed by atoms with van der Waals surface area (Å²) in [5.74, 6) is -0.408. The lowest BCUT2D eigenvalue weighted by Crippen LogP contribution is -2.33. The summed E-state index contributed by atoms with van der Waals surface area (Å²) in [4.78, 5) is 0. The van der Waals surface area contributed by atoms with Crippen molar-refractivity contribution in [2.75, 3.05) is 0 Å². The monoisotopic (exact) mass is 265 g/mol. The van der Waals surface area contributed by atoms with Crippen LogP contribution in [0.2, 0.25) is 5.02 Å². The van der Waals surface area contributed by atoms with Gasteiger partial charge in [0, 0.05) is 23.4 Å². The molecule has 1 aliphatic heterocycles. The van der Waals surface area contributed by atoms with Gasteiger partial charge in [-0.05, 0) is 25.8 Å². The van der Waals surface area contributed by atoms with Gasteiger partial charge >= 0.3 is 0 Å². The Bertz CT molecular complexity index is 426. The second-order valence-corrected chi connectivity index (χ2v) is 5.59. The van der Waals surface area contributed by atoms with Gasteiger partial charge in [-0.3, -0.25) is 0 Å². The van der Waals surface area contributed by atoms with Crippen LogP contribution in [0.5, 0.6) is 0 Å². The van der Waals surface area contributed by atoms with Crippen molar-refractivity contribution in [3.05, 3.63) is 41.8 Å². The Morgan fingerprint density at radius 1 is 1.11 bits per heavy atom. The first-order valence-electron chi connectivity index (χ1n) is 6.63. The molecule has 1 aromatic carbocycles. The molecule has 3 rings (SSSR count). The molecular formula is C15H18ClO2. The van der Waals surface area contributed by atoms with E-state index in [0.717, 1.165) is 23.4 Å². The first-order chi connectivity index (χ1) is 8.70. The first-order valence-corrected chi connectivity index (χ1v) is 7.01. The van der Waals surface area contributed by atoms with Crippen LogP contribution in [0.4, 0.5) is 0 Å². The molecule has 0 amide bonds. The molecule has 0 N–H and O–H groups in total. The molecule has 0 aromatic heterocycles. The fourth-order valence-electron chi connectivity index (χ4n) is 2.97. The lowest BCUT2D eigenvalue weighted by Gasteiger charge is -2.31. The Morgan fingerprint density at radius 2 is 1.83 bits per heavy atom. The molecule has 1 radical (unpaired) electrons. The summed E-state index contributed by atoms with van der Waals surface area (Å²) in [5.41, 5.74) is 0.988. The lowest BCUT2D eigenvalue weighted by atomic mass is 9.94. The number of hydrogen-bond acceptors (Lipinski definition) is 2. The van der Waals surface area contributed by atoms with E-state index in [4.69, 9.17) is 21.1 Å². The van der Waals surface area contributed by atoms with E-state index >= 15 is 0 Å². The molecule has 2 aliphatic rings. The number of benzene rings is 1. The summed E-state index contributed by atoms with van der Waals surface area (Å²) in [5, 5.41) is 0.729. The quantitative estimate of drug-likeness (QED) is 0.754. The molecule has 1 saturated heterocycles. The van der Waals surface area contributed by atoms with Gasteiger partial charge in [-0.15, -0.1) is 0 Å². The van der Waals surface area contributed by atoms with Gasteiger partial charge < -0.3 is 9.47 Å². The normalized spacial score (nSPS) is 30.8.